The number of carbonyl (C=O) groups is 2. The highest BCUT2D eigenvalue weighted by atomic mass is 16.3. The Morgan fingerprint density at radius 3 is 2.43 bits per heavy atom. The Balaban J connectivity index is 2.28. The van der Waals surface area contributed by atoms with Crippen molar-refractivity contribution in [2.75, 3.05) is 0 Å². The van der Waals surface area contributed by atoms with Crippen molar-refractivity contribution in [1.82, 2.24) is 14.9 Å². The topological polar surface area (TPSA) is 121 Å². The number of carbonyl (C=O) groups excluding carboxylic acids is 2. The minimum absolute atomic E-state index is 0.353. The minimum Gasteiger partial charge on any atom is -0.494 e. The summed E-state index contributed by atoms with van der Waals surface area (Å²) in [6.07, 6.45) is 0. The van der Waals surface area contributed by atoms with Crippen LogP contribution in [0.4, 0.5) is 0 Å². The minimum atomic E-state index is -1.06. The molecule has 8 nitrogen and oxygen atoms in total. The molecule has 8 heteroatoms. The third-order valence-corrected chi connectivity index (χ3v) is 3.32. The van der Waals surface area contributed by atoms with Gasteiger partial charge < -0.3 is 10.4 Å². The number of Topliss-reactive ketones (excluding diaryl/α,β-unsaturated/α-hetero) is 1. The molecule has 0 saturated heterocycles. The maximum absolute atomic E-state index is 12.3. The molecule has 120 valence electrons. The molecule has 0 bridgehead atoms. The molecule has 2 rings (SSSR count). The first-order valence-electron chi connectivity index (χ1n) is 6.75. The molecular formula is C15H15N3O5. The van der Waals surface area contributed by atoms with Crippen LogP contribution in [0.25, 0.3) is 0 Å². The third-order valence-electron chi connectivity index (χ3n) is 3.32. The second-order valence-electron chi connectivity index (χ2n) is 4.94. The van der Waals surface area contributed by atoms with Crippen LogP contribution in [0.2, 0.25) is 0 Å². The SMILES string of the molecule is CC(NC(=O)c1ccccc1)C(=O)c1c(O)n(C)c(=O)[nH]c1=O. The lowest BCUT2D eigenvalue weighted by Gasteiger charge is -2.14. The van der Waals surface area contributed by atoms with Crippen LogP contribution >= 0.6 is 0 Å². The molecule has 0 aliphatic heterocycles. The van der Waals surface area contributed by atoms with Gasteiger partial charge in [-0.25, -0.2) is 4.79 Å². The van der Waals surface area contributed by atoms with Gasteiger partial charge in [0.25, 0.3) is 11.5 Å². The van der Waals surface area contributed by atoms with Crippen molar-refractivity contribution in [3.63, 3.8) is 0 Å². The molecule has 2 aromatic rings. The van der Waals surface area contributed by atoms with E-state index in [9.17, 15) is 24.3 Å². The van der Waals surface area contributed by atoms with Gasteiger partial charge in [-0.15, -0.1) is 0 Å². The Labute approximate surface area is 130 Å². The van der Waals surface area contributed by atoms with Gasteiger partial charge in [-0.1, -0.05) is 18.2 Å². The first-order valence-corrected chi connectivity index (χ1v) is 6.75. The number of hydrogen-bond donors (Lipinski definition) is 3. The van der Waals surface area contributed by atoms with Crippen molar-refractivity contribution < 1.29 is 14.7 Å². The van der Waals surface area contributed by atoms with Gasteiger partial charge in [0.2, 0.25) is 5.88 Å². The maximum atomic E-state index is 12.3. The summed E-state index contributed by atoms with van der Waals surface area (Å²) >= 11 is 0. The number of nitrogens with one attached hydrogen (secondary N) is 2. The van der Waals surface area contributed by atoms with Crippen molar-refractivity contribution in [2.45, 2.75) is 13.0 Å². The number of aromatic nitrogens is 2. The quantitative estimate of drug-likeness (QED) is 0.673. The molecule has 0 fully saturated rings. The van der Waals surface area contributed by atoms with Gasteiger partial charge in [0.15, 0.2) is 5.78 Å². The van der Waals surface area contributed by atoms with Crippen molar-refractivity contribution in [1.29, 1.82) is 0 Å². The van der Waals surface area contributed by atoms with E-state index >= 15 is 0 Å². The molecule has 0 saturated carbocycles. The number of aromatic hydroxyl groups is 1. The summed E-state index contributed by atoms with van der Waals surface area (Å²) in [6.45, 7) is 1.38. The first kappa shape index (κ1) is 16.2. The lowest BCUT2D eigenvalue weighted by Crippen LogP contribution is -2.42. The van der Waals surface area contributed by atoms with Crippen molar-refractivity contribution in [3.8, 4) is 5.88 Å². The number of benzene rings is 1. The Morgan fingerprint density at radius 2 is 1.83 bits per heavy atom. The molecule has 1 aromatic heterocycles. The number of nitrogens with zero attached hydrogens (tertiary/aromatic N) is 1. The summed E-state index contributed by atoms with van der Waals surface area (Å²) in [6, 6.07) is 7.17. The second kappa shape index (κ2) is 6.30. The van der Waals surface area contributed by atoms with E-state index in [-0.39, 0.29) is 0 Å². The van der Waals surface area contributed by atoms with Gasteiger partial charge in [0.05, 0.1) is 6.04 Å². The van der Waals surface area contributed by atoms with Crippen LogP contribution in [-0.4, -0.2) is 32.4 Å². The zero-order chi connectivity index (χ0) is 17.1. The predicted octanol–water partition coefficient (Wildman–Crippen LogP) is -0.220. The first-order chi connectivity index (χ1) is 10.8. The summed E-state index contributed by atoms with van der Waals surface area (Å²) in [5.74, 6) is -2.04. The molecule has 0 aliphatic carbocycles. The predicted molar refractivity (Wildman–Crippen MR) is 81.7 cm³/mol. The molecule has 0 radical (unpaired) electrons. The molecular weight excluding hydrogens is 302 g/mol. The van der Waals surface area contributed by atoms with E-state index < -0.39 is 40.4 Å². The van der Waals surface area contributed by atoms with Gasteiger partial charge in [-0.2, -0.15) is 0 Å². The van der Waals surface area contributed by atoms with E-state index in [1.54, 1.807) is 30.3 Å². The summed E-state index contributed by atoms with van der Waals surface area (Å²) in [7, 11) is 1.21. The highest BCUT2D eigenvalue weighted by molar-refractivity contribution is 6.05. The summed E-state index contributed by atoms with van der Waals surface area (Å²) in [5.41, 5.74) is -2.07. The fourth-order valence-electron chi connectivity index (χ4n) is 1.98. The van der Waals surface area contributed by atoms with Crippen LogP contribution in [0.5, 0.6) is 5.88 Å². The van der Waals surface area contributed by atoms with Gasteiger partial charge >= 0.3 is 5.69 Å². The Bertz CT molecular complexity index is 867. The smallest absolute Gasteiger partial charge is 0.330 e. The molecule has 1 unspecified atom stereocenters. The molecule has 3 N–H and O–H groups in total. The summed E-state index contributed by atoms with van der Waals surface area (Å²) in [4.78, 5) is 49.3. The zero-order valence-electron chi connectivity index (χ0n) is 12.5. The van der Waals surface area contributed by atoms with E-state index in [1.165, 1.54) is 14.0 Å². The normalized spacial score (nSPS) is 11.7. The average Bonchev–Trinajstić information content (AvgIpc) is 2.53. The van der Waals surface area contributed by atoms with Gasteiger partial charge in [-0.3, -0.25) is 23.9 Å². The van der Waals surface area contributed by atoms with E-state index in [0.29, 0.717) is 5.56 Å². The summed E-state index contributed by atoms with van der Waals surface area (Å²) < 4.78 is 0.736. The zero-order valence-corrected chi connectivity index (χ0v) is 12.5. The third kappa shape index (κ3) is 3.20. The number of aromatic amines is 1. The van der Waals surface area contributed by atoms with Crippen molar-refractivity contribution >= 4 is 11.7 Å². The van der Waals surface area contributed by atoms with E-state index in [2.05, 4.69) is 5.32 Å². The number of rotatable bonds is 4. The van der Waals surface area contributed by atoms with Gasteiger partial charge in [-0.05, 0) is 19.1 Å². The maximum Gasteiger partial charge on any atom is 0.330 e. The van der Waals surface area contributed by atoms with Crippen LogP contribution in [-0.2, 0) is 7.05 Å². The fraction of sp³-hybridized carbons (Fsp3) is 0.200. The number of hydrogen-bond acceptors (Lipinski definition) is 5. The Hall–Kier alpha value is -3.16. The van der Waals surface area contributed by atoms with Crippen molar-refractivity contribution in [3.05, 3.63) is 62.3 Å². The van der Waals surface area contributed by atoms with Crippen LogP contribution in [0.15, 0.2) is 39.9 Å². The summed E-state index contributed by atoms with van der Waals surface area (Å²) in [5, 5.41) is 12.3. The Kier molecular flexibility index (Phi) is 4.44. The molecule has 0 aliphatic rings. The average molecular weight is 317 g/mol. The van der Waals surface area contributed by atoms with E-state index in [0.717, 1.165) is 4.57 Å². The molecule has 1 atom stereocenters. The van der Waals surface area contributed by atoms with Crippen LogP contribution in [0.1, 0.15) is 27.6 Å². The second-order valence-corrected chi connectivity index (χ2v) is 4.94. The number of amides is 1. The lowest BCUT2D eigenvalue weighted by molar-refractivity contribution is 0.0862. The van der Waals surface area contributed by atoms with Crippen LogP contribution in [0, 0.1) is 0 Å². The van der Waals surface area contributed by atoms with E-state index in [4.69, 9.17) is 0 Å². The van der Waals surface area contributed by atoms with Gasteiger partial charge in [0.1, 0.15) is 5.56 Å². The van der Waals surface area contributed by atoms with Crippen molar-refractivity contribution in [2.24, 2.45) is 7.05 Å². The largest absolute Gasteiger partial charge is 0.494 e. The van der Waals surface area contributed by atoms with Crippen LogP contribution in [0.3, 0.4) is 0 Å². The molecule has 1 aromatic carbocycles. The Morgan fingerprint density at radius 1 is 1.22 bits per heavy atom. The molecule has 23 heavy (non-hydrogen) atoms. The number of ketones is 1. The molecule has 1 heterocycles. The number of H-pyrrole nitrogens is 1. The highest BCUT2D eigenvalue weighted by Crippen LogP contribution is 2.11. The molecule has 0 spiro atoms. The monoisotopic (exact) mass is 317 g/mol. The van der Waals surface area contributed by atoms with Crippen LogP contribution < -0.4 is 16.6 Å². The van der Waals surface area contributed by atoms with E-state index in [1.807, 2.05) is 4.98 Å². The standard InChI is InChI=1S/C15H15N3O5/c1-8(16-12(20)9-6-4-3-5-7-9)11(19)10-13(21)17-15(23)18(2)14(10)22/h3-8,22H,1-2H3,(H,16,20)(H,17,21,23). The van der Waals surface area contributed by atoms with Gasteiger partial charge in [0, 0.05) is 12.6 Å². The fourth-order valence-corrected chi connectivity index (χ4v) is 1.98. The lowest BCUT2D eigenvalue weighted by atomic mass is 10.1. The molecule has 1 amide bonds. The highest BCUT2D eigenvalue weighted by Gasteiger charge is 2.25.